The third kappa shape index (κ3) is 5.66. The Morgan fingerprint density at radius 3 is 1.85 bits per heavy atom. The third-order valence-electron chi connectivity index (χ3n) is 8.30. The summed E-state index contributed by atoms with van der Waals surface area (Å²) in [7, 11) is 0. The summed E-state index contributed by atoms with van der Waals surface area (Å²) in [5, 5.41) is 19.3. The van der Waals surface area contributed by atoms with Gasteiger partial charge in [0.05, 0.1) is 11.4 Å². The molecule has 6 heteroatoms. The van der Waals surface area contributed by atoms with Gasteiger partial charge in [-0.1, -0.05) is 109 Å². The molecule has 0 spiro atoms. The highest BCUT2D eigenvalue weighted by Crippen LogP contribution is 2.40. The first-order valence-electron chi connectivity index (χ1n) is 15.6. The molecule has 8 aromatic rings. The Morgan fingerprint density at radius 1 is 0.479 bits per heavy atom. The normalized spacial score (nSPS) is 11.1. The minimum atomic E-state index is -0.0785. The van der Waals surface area contributed by atoms with Crippen molar-refractivity contribution in [3.63, 3.8) is 0 Å². The summed E-state index contributed by atoms with van der Waals surface area (Å²) in [5.74, 6) is 0.542. The first-order valence-corrected chi connectivity index (χ1v) is 16.4. The molecule has 0 aliphatic rings. The van der Waals surface area contributed by atoms with Crippen LogP contribution >= 0.6 is 11.3 Å². The maximum Gasteiger partial charge on any atom is 0.221 e. The van der Waals surface area contributed by atoms with Crippen LogP contribution < -0.4 is 0 Å². The summed E-state index contributed by atoms with van der Waals surface area (Å²) >= 11 is 1.77. The molecule has 0 aliphatic carbocycles. The van der Waals surface area contributed by atoms with E-state index in [0.717, 1.165) is 39.2 Å². The lowest BCUT2D eigenvalue weighted by Crippen LogP contribution is -2.12. The van der Waals surface area contributed by atoms with Crippen LogP contribution in [0.3, 0.4) is 0 Å². The number of rotatable bonds is 6. The van der Waals surface area contributed by atoms with Crippen molar-refractivity contribution >= 4 is 43.3 Å². The van der Waals surface area contributed by atoms with Gasteiger partial charge in [-0.3, -0.25) is 10.8 Å². The predicted molar refractivity (Wildman–Crippen MR) is 198 cm³/mol. The molecule has 0 saturated carbocycles. The number of hydrogen-bond donors (Lipinski definition) is 2. The number of aromatic nitrogens is 2. The van der Waals surface area contributed by atoms with E-state index in [0.29, 0.717) is 17.0 Å². The van der Waals surface area contributed by atoms with Crippen molar-refractivity contribution in [2.24, 2.45) is 0 Å². The molecular weight excluding hydrogens is 609 g/mol. The molecule has 6 aromatic carbocycles. The van der Waals surface area contributed by atoms with E-state index >= 15 is 0 Å². The van der Waals surface area contributed by atoms with Crippen molar-refractivity contribution in [2.75, 3.05) is 0 Å². The molecule has 228 valence electrons. The SMILES string of the molecule is N=C(OC(=N)c1cccc(-c2cccc(-c3cc(-c4ccccc4)nc(-c4cccc5c4sc4ccccc45)n3)c2)c1)c1ccccc1. The van der Waals surface area contributed by atoms with Gasteiger partial charge in [0.2, 0.25) is 11.8 Å². The van der Waals surface area contributed by atoms with Gasteiger partial charge in [-0.15, -0.1) is 11.3 Å². The topological polar surface area (TPSA) is 82.7 Å². The molecule has 0 fully saturated rings. The van der Waals surface area contributed by atoms with Gasteiger partial charge in [-0.25, -0.2) is 9.97 Å². The first-order chi connectivity index (χ1) is 23.6. The minimum absolute atomic E-state index is 0.0619. The fourth-order valence-corrected chi connectivity index (χ4v) is 7.11. The Balaban J connectivity index is 1.19. The fourth-order valence-electron chi connectivity index (χ4n) is 5.90. The van der Waals surface area contributed by atoms with Crippen molar-refractivity contribution in [3.8, 4) is 45.0 Å². The van der Waals surface area contributed by atoms with Gasteiger partial charge in [0, 0.05) is 48.0 Å². The number of nitrogens with zero attached hydrogens (tertiary/aromatic N) is 2. The Hall–Kier alpha value is -6.24. The highest BCUT2D eigenvalue weighted by atomic mass is 32.1. The summed E-state index contributed by atoms with van der Waals surface area (Å²) in [6, 6.07) is 52.2. The van der Waals surface area contributed by atoms with E-state index in [2.05, 4.69) is 78.9 Å². The smallest absolute Gasteiger partial charge is 0.221 e. The van der Waals surface area contributed by atoms with E-state index < -0.39 is 0 Å². The van der Waals surface area contributed by atoms with Crippen molar-refractivity contribution in [3.05, 3.63) is 169 Å². The van der Waals surface area contributed by atoms with Crippen LogP contribution in [0.15, 0.2) is 158 Å². The highest BCUT2D eigenvalue weighted by Gasteiger charge is 2.16. The third-order valence-corrected chi connectivity index (χ3v) is 9.52. The standard InChI is InChI=1S/C42H28N4OS/c43-40(28-14-5-2-6-15-28)47-41(44)32-19-10-17-30(25-32)29-16-9-18-31(24-29)37-26-36(27-12-3-1-4-13-27)45-42(46-37)35-22-11-21-34-33-20-7-8-23-38(33)48-39(34)35/h1-26,43-44H. The predicted octanol–water partition coefficient (Wildman–Crippen LogP) is 10.9. The molecule has 0 radical (unpaired) electrons. The van der Waals surface area contributed by atoms with Gasteiger partial charge in [-0.2, -0.15) is 0 Å². The van der Waals surface area contributed by atoms with Crippen LogP contribution in [0.2, 0.25) is 0 Å². The summed E-state index contributed by atoms with van der Waals surface area (Å²) in [6.45, 7) is 0. The quantitative estimate of drug-likeness (QED) is 0.141. The summed E-state index contributed by atoms with van der Waals surface area (Å²) < 4.78 is 8.03. The molecule has 0 aliphatic heterocycles. The first kappa shape index (κ1) is 29.2. The summed E-state index contributed by atoms with van der Waals surface area (Å²) in [4.78, 5) is 10.3. The zero-order chi connectivity index (χ0) is 32.5. The second kappa shape index (κ2) is 12.5. The maximum absolute atomic E-state index is 8.57. The van der Waals surface area contributed by atoms with E-state index in [9.17, 15) is 0 Å². The van der Waals surface area contributed by atoms with Crippen LogP contribution in [0.4, 0.5) is 0 Å². The van der Waals surface area contributed by atoms with Crippen LogP contribution in [0.25, 0.3) is 65.2 Å². The van der Waals surface area contributed by atoms with Gasteiger partial charge < -0.3 is 4.74 Å². The van der Waals surface area contributed by atoms with Crippen molar-refractivity contribution < 1.29 is 4.74 Å². The van der Waals surface area contributed by atoms with E-state index in [-0.39, 0.29) is 11.8 Å². The number of ether oxygens (including phenoxy) is 1. The Morgan fingerprint density at radius 2 is 1.04 bits per heavy atom. The van der Waals surface area contributed by atoms with Crippen LogP contribution in [0.1, 0.15) is 11.1 Å². The highest BCUT2D eigenvalue weighted by molar-refractivity contribution is 7.26. The van der Waals surface area contributed by atoms with Crippen molar-refractivity contribution in [1.29, 1.82) is 10.8 Å². The van der Waals surface area contributed by atoms with Crippen LogP contribution in [0.5, 0.6) is 0 Å². The van der Waals surface area contributed by atoms with E-state index in [1.807, 2.05) is 66.7 Å². The van der Waals surface area contributed by atoms with Gasteiger partial charge in [0.25, 0.3) is 0 Å². The zero-order valence-electron chi connectivity index (χ0n) is 25.7. The molecular formula is C42H28N4OS. The molecule has 0 saturated heterocycles. The van der Waals surface area contributed by atoms with Crippen LogP contribution in [-0.2, 0) is 4.74 Å². The Bertz CT molecular complexity index is 2470. The van der Waals surface area contributed by atoms with Crippen LogP contribution in [-0.4, -0.2) is 21.8 Å². The average Bonchev–Trinajstić information content (AvgIpc) is 3.54. The molecule has 8 rings (SSSR count). The lowest BCUT2D eigenvalue weighted by Gasteiger charge is -2.12. The number of benzene rings is 6. The van der Waals surface area contributed by atoms with Gasteiger partial charge in [0.1, 0.15) is 0 Å². The van der Waals surface area contributed by atoms with E-state index in [1.165, 1.54) is 20.2 Å². The summed E-state index contributed by atoms with van der Waals surface area (Å²) in [6.07, 6.45) is 0. The van der Waals surface area contributed by atoms with E-state index in [4.69, 9.17) is 25.5 Å². The molecule has 2 N–H and O–H groups in total. The lowest BCUT2D eigenvalue weighted by molar-refractivity contribution is 0.538. The average molecular weight is 637 g/mol. The molecule has 0 unspecified atom stereocenters. The number of fused-ring (bicyclic) bond motifs is 3. The second-order valence-electron chi connectivity index (χ2n) is 11.4. The largest absolute Gasteiger partial charge is 0.421 e. The number of hydrogen-bond acceptors (Lipinski definition) is 6. The van der Waals surface area contributed by atoms with E-state index in [1.54, 1.807) is 23.5 Å². The fraction of sp³-hybridized carbons (Fsp3) is 0. The van der Waals surface area contributed by atoms with Gasteiger partial charge in [0.15, 0.2) is 5.82 Å². The van der Waals surface area contributed by atoms with Gasteiger partial charge in [-0.05, 0) is 59.7 Å². The molecule has 0 bridgehead atoms. The Kier molecular flexibility index (Phi) is 7.61. The second-order valence-corrected chi connectivity index (χ2v) is 12.4. The molecule has 2 aromatic heterocycles. The lowest BCUT2D eigenvalue weighted by atomic mass is 9.99. The zero-order valence-corrected chi connectivity index (χ0v) is 26.5. The molecule has 5 nitrogen and oxygen atoms in total. The van der Waals surface area contributed by atoms with Gasteiger partial charge >= 0.3 is 0 Å². The Labute approximate surface area is 281 Å². The molecule has 2 heterocycles. The van der Waals surface area contributed by atoms with Crippen LogP contribution in [0, 0.1) is 10.8 Å². The summed E-state index contributed by atoms with van der Waals surface area (Å²) in [5.41, 5.74) is 7.79. The maximum atomic E-state index is 8.57. The van der Waals surface area contributed by atoms with Crippen molar-refractivity contribution in [2.45, 2.75) is 0 Å². The molecule has 0 atom stereocenters. The number of nitrogens with one attached hydrogen (secondary N) is 2. The number of thiophene rings is 1. The van der Waals surface area contributed by atoms with Crippen molar-refractivity contribution in [1.82, 2.24) is 9.97 Å². The molecule has 48 heavy (non-hydrogen) atoms. The molecule has 0 amide bonds. The minimum Gasteiger partial charge on any atom is -0.421 e. The monoisotopic (exact) mass is 636 g/mol.